The van der Waals surface area contributed by atoms with E-state index in [0.717, 1.165) is 37.4 Å². The first-order valence-electron chi connectivity index (χ1n) is 8.22. The molecular formula is C18H28N2O2. The van der Waals surface area contributed by atoms with Crippen molar-refractivity contribution in [1.82, 2.24) is 10.2 Å². The summed E-state index contributed by atoms with van der Waals surface area (Å²) in [7, 11) is 1.97. The summed E-state index contributed by atoms with van der Waals surface area (Å²) in [5.41, 5.74) is 2.35. The third-order valence-corrected chi connectivity index (χ3v) is 4.27. The lowest BCUT2D eigenvalue weighted by atomic mass is 9.98. The standard InChI is InChI=1S/C18H28N2O2/c1-14-6-7-17(15(2)11-14)22-10-8-18(21)20-9-4-5-16(13-20)12-19-3/h6-7,11,16,19H,4-5,8-10,12-13H2,1-3H3/t16-/m1/s1. The van der Waals surface area contributed by atoms with Gasteiger partial charge < -0.3 is 15.0 Å². The minimum absolute atomic E-state index is 0.213. The minimum atomic E-state index is 0.213. The zero-order valence-electron chi connectivity index (χ0n) is 14.0. The maximum atomic E-state index is 12.3. The Morgan fingerprint density at radius 3 is 2.95 bits per heavy atom. The van der Waals surface area contributed by atoms with E-state index >= 15 is 0 Å². The van der Waals surface area contributed by atoms with E-state index in [1.807, 2.05) is 31.0 Å². The summed E-state index contributed by atoms with van der Waals surface area (Å²) >= 11 is 0. The van der Waals surface area contributed by atoms with Crippen LogP contribution in [0.4, 0.5) is 0 Å². The Hall–Kier alpha value is -1.55. The van der Waals surface area contributed by atoms with E-state index in [4.69, 9.17) is 4.74 Å². The number of carbonyl (C=O) groups is 1. The summed E-state index contributed by atoms with van der Waals surface area (Å²) in [4.78, 5) is 14.3. The first-order valence-corrected chi connectivity index (χ1v) is 8.22. The van der Waals surface area contributed by atoms with Gasteiger partial charge in [-0.15, -0.1) is 0 Å². The summed E-state index contributed by atoms with van der Waals surface area (Å²) in [6, 6.07) is 6.13. The summed E-state index contributed by atoms with van der Waals surface area (Å²) < 4.78 is 5.77. The molecule has 22 heavy (non-hydrogen) atoms. The summed E-state index contributed by atoms with van der Waals surface area (Å²) in [6.07, 6.45) is 2.78. The highest BCUT2D eigenvalue weighted by molar-refractivity contribution is 5.76. The fraction of sp³-hybridized carbons (Fsp3) is 0.611. The molecule has 0 aliphatic carbocycles. The molecule has 1 amide bonds. The smallest absolute Gasteiger partial charge is 0.226 e. The Balaban J connectivity index is 1.77. The van der Waals surface area contributed by atoms with E-state index in [-0.39, 0.29) is 5.91 Å². The van der Waals surface area contributed by atoms with E-state index in [2.05, 4.69) is 18.3 Å². The third-order valence-electron chi connectivity index (χ3n) is 4.27. The highest BCUT2D eigenvalue weighted by Gasteiger charge is 2.22. The van der Waals surface area contributed by atoms with Crippen LogP contribution in [0.25, 0.3) is 0 Å². The quantitative estimate of drug-likeness (QED) is 0.878. The highest BCUT2D eigenvalue weighted by Crippen LogP contribution is 2.20. The van der Waals surface area contributed by atoms with Crippen molar-refractivity contribution in [3.05, 3.63) is 29.3 Å². The molecule has 0 bridgehead atoms. The number of nitrogens with one attached hydrogen (secondary N) is 1. The number of likely N-dealkylation sites (tertiary alicyclic amines) is 1. The first kappa shape index (κ1) is 16.8. The average Bonchev–Trinajstić information content (AvgIpc) is 2.50. The molecule has 1 atom stereocenters. The maximum absolute atomic E-state index is 12.3. The van der Waals surface area contributed by atoms with E-state index in [0.29, 0.717) is 18.9 Å². The molecule has 1 aliphatic rings. The normalized spacial score (nSPS) is 18.3. The summed E-state index contributed by atoms with van der Waals surface area (Å²) in [5, 5.41) is 3.21. The van der Waals surface area contributed by atoms with Crippen molar-refractivity contribution in [3.63, 3.8) is 0 Å². The van der Waals surface area contributed by atoms with Gasteiger partial charge in [-0.25, -0.2) is 0 Å². The topological polar surface area (TPSA) is 41.6 Å². The van der Waals surface area contributed by atoms with Crippen LogP contribution < -0.4 is 10.1 Å². The van der Waals surface area contributed by atoms with Crippen LogP contribution in [-0.2, 0) is 4.79 Å². The maximum Gasteiger partial charge on any atom is 0.226 e. The van der Waals surface area contributed by atoms with Crippen molar-refractivity contribution in [1.29, 1.82) is 0 Å². The molecule has 4 heteroatoms. The Morgan fingerprint density at radius 2 is 2.23 bits per heavy atom. The number of nitrogens with zero attached hydrogens (tertiary/aromatic N) is 1. The molecule has 1 aromatic rings. The third kappa shape index (κ3) is 4.73. The van der Waals surface area contributed by atoms with Crippen molar-refractivity contribution in [2.45, 2.75) is 33.1 Å². The molecule has 0 unspecified atom stereocenters. The van der Waals surface area contributed by atoms with Gasteiger partial charge in [0.2, 0.25) is 5.91 Å². The number of hydrogen-bond acceptors (Lipinski definition) is 3. The second-order valence-corrected chi connectivity index (χ2v) is 6.27. The van der Waals surface area contributed by atoms with Gasteiger partial charge in [-0.3, -0.25) is 4.79 Å². The van der Waals surface area contributed by atoms with Crippen molar-refractivity contribution < 1.29 is 9.53 Å². The van der Waals surface area contributed by atoms with E-state index in [9.17, 15) is 4.79 Å². The number of ether oxygens (including phenoxy) is 1. The SMILES string of the molecule is CNC[C@H]1CCCN(C(=O)CCOc2ccc(C)cc2C)C1. The van der Waals surface area contributed by atoms with Crippen LogP contribution in [0.2, 0.25) is 0 Å². The molecule has 1 N–H and O–H groups in total. The number of amides is 1. The summed E-state index contributed by atoms with van der Waals surface area (Å²) in [6.45, 7) is 7.32. The van der Waals surface area contributed by atoms with Crippen molar-refractivity contribution in [3.8, 4) is 5.75 Å². The monoisotopic (exact) mass is 304 g/mol. The number of rotatable bonds is 6. The van der Waals surface area contributed by atoms with Gasteiger partial charge in [0, 0.05) is 13.1 Å². The van der Waals surface area contributed by atoms with Gasteiger partial charge in [0.1, 0.15) is 5.75 Å². The van der Waals surface area contributed by atoms with Crippen molar-refractivity contribution >= 4 is 5.91 Å². The largest absolute Gasteiger partial charge is 0.493 e. The van der Waals surface area contributed by atoms with Crippen LogP contribution in [0.3, 0.4) is 0 Å². The zero-order valence-corrected chi connectivity index (χ0v) is 14.0. The molecule has 4 nitrogen and oxygen atoms in total. The molecule has 0 aromatic heterocycles. The molecule has 0 saturated carbocycles. The van der Waals surface area contributed by atoms with Gasteiger partial charge in [0.25, 0.3) is 0 Å². The van der Waals surface area contributed by atoms with Crippen molar-refractivity contribution in [2.24, 2.45) is 5.92 Å². The van der Waals surface area contributed by atoms with Crippen LogP contribution in [0, 0.1) is 19.8 Å². The molecule has 1 aromatic carbocycles. The molecule has 122 valence electrons. The van der Waals surface area contributed by atoms with E-state index < -0.39 is 0 Å². The van der Waals surface area contributed by atoms with Crippen molar-refractivity contribution in [2.75, 3.05) is 33.3 Å². The predicted molar refractivity (Wildman–Crippen MR) is 89.3 cm³/mol. The van der Waals surface area contributed by atoms with Gasteiger partial charge in [-0.05, 0) is 57.8 Å². The Labute approximate surface area is 133 Å². The Kier molecular flexibility index (Phi) is 6.25. The van der Waals surface area contributed by atoms with Gasteiger partial charge >= 0.3 is 0 Å². The first-order chi connectivity index (χ1) is 10.6. The number of benzene rings is 1. The van der Waals surface area contributed by atoms with Gasteiger partial charge in [-0.1, -0.05) is 17.7 Å². The Morgan fingerprint density at radius 1 is 1.41 bits per heavy atom. The lowest BCUT2D eigenvalue weighted by Gasteiger charge is -2.32. The van der Waals surface area contributed by atoms with Gasteiger partial charge in [-0.2, -0.15) is 0 Å². The zero-order chi connectivity index (χ0) is 15.9. The molecule has 0 radical (unpaired) electrons. The summed E-state index contributed by atoms with van der Waals surface area (Å²) in [5.74, 6) is 1.68. The average molecular weight is 304 g/mol. The van der Waals surface area contributed by atoms with Crippen LogP contribution in [0.1, 0.15) is 30.4 Å². The predicted octanol–water partition coefficient (Wildman–Crippen LogP) is 2.53. The van der Waals surface area contributed by atoms with E-state index in [1.54, 1.807) is 0 Å². The number of hydrogen-bond donors (Lipinski definition) is 1. The molecule has 2 rings (SSSR count). The van der Waals surface area contributed by atoms with E-state index in [1.165, 1.54) is 12.0 Å². The fourth-order valence-corrected chi connectivity index (χ4v) is 3.11. The molecule has 1 aliphatic heterocycles. The fourth-order valence-electron chi connectivity index (χ4n) is 3.11. The van der Waals surface area contributed by atoms with Crippen LogP contribution >= 0.6 is 0 Å². The molecule has 1 fully saturated rings. The molecule has 1 heterocycles. The van der Waals surface area contributed by atoms with Gasteiger partial charge in [0.15, 0.2) is 0 Å². The highest BCUT2D eigenvalue weighted by atomic mass is 16.5. The number of piperidine rings is 1. The van der Waals surface area contributed by atoms with Crippen LogP contribution in [0.5, 0.6) is 5.75 Å². The minimum Gasteiger partial charge on any atom is -0.493 e. The second kappa shape index (κ2) is 8.18. The lowest BCUT2D eigenvalue weighted by Crippen LogP contribution is -2.42. The van der Waals surface area contributed by atoms with Crippen LogP contribution in [-0.4, -0.2) is 44.1 Å². The lowest BCUT2D eigenvalue weighted by molar-refractivity contribution is -0.133. The number of carbonyl (C=O) groups excluding carboxylic acids is 1. The second-order valence-electron chi connectivity index (χ2n) is 6.27. The molecule has 0 spiro atoms. The molecule has 1 saturated heterocycles. The molecular weight excluding hydrogens is 276 g/mol. The van der Waals surface area contributed by atoms with Crippen LogP contribution in [0.15, 0.2) is 18.2 Å². The Bertz CT molecular complexity index is 500. The number of aryl methyl sites for hydroxylation is 2. The van der Waals surface area contributed by atoms with Gasteiger partial charge in [0.05, 0.1) is 13.0 Å².